The number of morpholine rings is 1. The molecule has 136 valence electrons. The quantitative estimate of drug-likeness (QED) is 0.736. The Bertz CT molecular complexity index is 865. The Morgan fingerprint density at radius 3 is 3.08 bits per heavy atom. The highest BCUT2D eigenvalue weighted by Crippen LogP contribution is 2.31. The van der Waals surface area contributed by atoms with Gasteiger partial charge in [-0.25, -0.2) is 0 Å². The van der Waals surface area contributed by atoms with Crippen LogP contribution < -0.4 is 4.74 Å². The van der Waals surface area contributed by atoms with Gasteiger partial charge >= 0.3 is 0 Å². The molecular weight excluding hydrogens is 354 g/mol. The molecule has 26 heavy (non-hydrogen) atoms. The van der Waals surface area contributed by atoms with Crippen LogP contribution in [0.25, 0.3) is 10.7 Å². The largest absolute Gasteiger partial charge is 0.504 e. The van der Waals surface area contributed by atoms with E-state index in [1.54, 1.807) is 23.5 Å². The van der Waals surface area contributed by atoms with Gasteiger partial charge in [-0.15, -0.1) is 11.3 Å². The lowest BCUT2D eigenvalue weighted by atomic mass is 10.1. The molecule has 0 spiro atoms. The molecule has 1 aliphatic heterocycles. The van der Waals surface area contributed by atoms with Crippen LogP contribution in [0.15, 0.2) is 40.2 Å². The third-order valence-electron chi connectivity index (χ3n) is 4.34. The van der Waals surface area contributed by atoms with Crippen molar-refractivity contribution in [2.45, 2.75) is 12.6 Å². The van der Waals surface area contributed by atoms with Crippen molar-refractivity contribution in [3.8, 4) is 22.2 Å². The number of aromatic nitrogens is 2. The first-order valence-electron chi connectivity index (χ1n) is 8.30. The van der Waals surface area contributed by atoms with Crippen molar-refractivity contribution in [3.63, 3.8) is 0 Å². The smallest absolute Gasteiger partial charge is 0.246 e. The lowest BCUT2D eigenvalue weighted by Crippen LogP contribution is -2.39. The van der Waals surface area contributed by atoms with Gasteiger partial charge in [0.05, 0.1) is 25.2 Å². The zero-order chi connectivity index (χ0) is 17.9. The summed E-state index contributed by atoms with van der Waals surface area (Å²) in [4.78, 5) is 7.75. The molecule has 0 saturated carbocycles. The van der Waals surface area contributed by atoms with Crippen LogP contribution in [0.3, 0.4) is 0 Å². The van der Waals surface area contributed by atoms with E-state index in [-0.39, 0.29) is 11.8 Å². The Morgan fingerprint density at radius 1 is 1.38 bits per heavy atom. The van der Waals surface area contributed by atoms with Crippen molar-refractivity contribution >= 4 is 11.3 Å². The zero-order valence-electron chi connectivity index (χ0n) is 14.3. The summed E-state index contributed by atoms with van der Waals surface area (Å²) in [6, 6.07) is 9.24. The minimum absolute atomic E-state index is 0.116. The molecule has 0 amide bonds. The van der Waals surface area contributed by atoms with Gasteiger partial charge in [0.15, 0.2) is 11.5 Å². The first-order chi connectivity index (χ1) is 12.7. The third kappa shape index (κ3) is 3.44. The minimum Gasteiger partial charge on any atom is -0.504 e. The number of phenolic OH excluding ortho intramolecular Hbond substituents is 1. The number of rotatable bonds is 5. The van der Waals surface area contributed by atoms with Crippen LogP contribution in [0.2, 0.25) is 0 Å². The van der Waals surface area contributed by atoms with E-state index in [1.165, 1.54) is 7.11 Å². The second-order valence-corrected chi connectivity index (χ2v) is 6.95. The maximum atomic E-state index is 10.0. The van der Waals surface area contributed by atoms with Crippen molar-refractivity contribution in [2.24, 2.45) is 0 Å². The molecule has 0 aliphatic carbocycles. The highest BCUT2D eigenvalue weighted by Gasteiger charge is 2.30. The topological polar surface area (TPSA) is 80.9 Å². The molecule has 1 N–H and O–H groups in total. The molecule has 8 heteroatoms. The molecule has 1 saturated heterocycles. The number of aromatic hydroxyl groups is 1. The van der Waals surface area contributed by atoms with Crippen molar-refractivity contribution in [2.75, 3.05) is 26.9 Å². The van der Waals surface area contributed by atoms with Gasteiger partial charge in [-0.1, -0.05) is 17.3 Å². The maximum absolute atomic E-state index is 10.0. The summed E-state index contributed by atoms with van der Waals surface area (Å²) in [5.41, 5.74) is 0.980. The SMILES string of the molecule is COc1ccc(CN2CCOC[C@H]2c2nc(-c3cccs3)no2)cc1O. The van der Waals surface area contributed by atoms with Crippen LogP contribution >= 0.6 is 11.3 Å². The van der Waals surface area contributed by atoms with Crippen LogP contribution in [0.4, 0.5) is 0 Å². The molecule has 0 unspecified atom stereocenters. The number of hydrogen-bond acceptors (Lipinski definition) is 8. The van der Waals surface area contributed by atoms with E-state index in [0.29, 0.717) is 37.2 Å². The number of thiophene rings is 1. The number of benzene rings is 1. The molecule has 1 aromatic carbocycles. The van der Waals surface area contributed by atoms with Crippen molar-refractivity contribution in [3.05, 3.63) is 47.2 Å². The molecule has 2 aromatic heterocycles. The number of nitrogens with zero attached hydrogens (tertiary/aromatic N) is 3. The normalized spacial score (nSPS) is 18.1. The molecule has 1 fully saturated rings. The van der Waals surface area contributed by atoms with E-state index in [4.69, 9.17) is 14.0 Å². The fraction of sp³-hybridized carbons (Fsp3) is 0.333. The van der Waals surface area contributed by atoms with Gasteiger partial charge in [0.25, 0.3) is 0 Å². The summed E-state index contributed by atoms with van der Waals surface area (Å²) in [5, 5.41) is 16.1. The van der Waals surface area contributed by atoms with E-state index in [2.05, 4.69) is 15.0 Å². The summed E-state index contributed by atoms with van der Waals surface area (Å²) in [6.45, 7) is 2.52. The summed E-state index contributed by atoms with van der Waals surface area (Å²) in [7, 11) is 1.54. The lowest BCUT2D eigenvalue weighted by molar-refractivity contribution is -0.0241. The van der Waals surface area contributed by atoms with E-state index in [0.717, 1.165) is 17.0 Å². The minimum atomic E-state index is -0.116. The van der Waals surface area contributed by atoms with Crippen LogP contribution in [0.5, 0.6) is 11.5 Å². The number of phenols is 1. The third-order valence-corrected chi connectivity index (χ3v) is 5.20. The predicted molar refractivity (Wildman–Crippen MR) is 96.2 cm³/mol. The standard InChI is InChI=1S/C18H19N3O4S/c1-23-15-5-4-12(9-14(15)22)10-21-6-7-24-11-13(21)18-19-17(20-25-18)16-3-2-8-26-16/h2-5,8-9,13,22H,6-7,10-11H2,1H3/t13-/m0/s1. The first-order valence-corrected chi connectivity index (χ1v) is 9.17. The number of methoxy groups -OCH3 is 1. The Morgan fingerprint density at radius 2 is 2.31 bits per heavy atom. The van der Waals surface area contributed by atoms with Crippen LogP contribution in [0, 0.1) is 0 Å². The van der Waals surface area contributed by atoms with E-state index >= 15 is 0 Å². The van der Waals surface area contributed by atoms with E-state index < -0.39 is 0 Å². The molecule has 0 radical (unpaired) electrons. The highest BCUT2D eigenvalue weighted by molar-refractivity contribution is 7.13. The molecule has 4 rings (SSSR count). The lowest BCUT2D eigenvalue weighted by Gasteiger charge is -2.33. The molecule has 1 aliphatic rings. The maximum Gasteiger partial charge on any atom is 0.246 e. The van der Waals surface area contributed by atoms with Crippen molar-refractivity contribution in [1.82, 2.24) is 15.0 Å². The van der Waals surface area contributed by atoms with Crippen LogP contribution in [-0.2, 0) is 11.3 Å². The van der Waals surface area contributed by atoms with Gasteiger partial charge in [-0.3, -0.25) is 4.90 Å². The van der Waals surface area contributed by atoms with Gasteiger partial charge in [-0.2, -0.15) is 4.98 Å². The summed E-state index contributed by atoms with van der Waals surface area (Å²) < 4.78 is 16.2. The average Bonchev–Trinajstić information content (AvgIpc) is 3.34. The Hall–Kier alpha value is -2.42. The van der Waals surface area contributed by atoms with Crippen molar-refractivity contribution < 1.29 is 19.1 Å². The van der Waals surface area contributed by atoms with Crippen molar-refractivity contribution in [1.29, 1.82) is 0 Å². The van der Waals surface area contributed by atoms with Gasteiger partial charge in [0.1, 0.15) is 6.04 Å². The average molecular weight is 373 g/mol. The molecule has 3 heterocycles. The summed E-state index contributed by atoms with van der Waals surface area (Å²) in [6.07, 6.45) is 0. The highest BCUT2D eigenvalue weighted by atomic mass is 32.1. The van der Waals surface area contributed by atoms with E-state index in [1.807, 2.05) is 23.6 Å². The van der Waals surface area contributed by atoms with Crippen LogP contribution in [-0.4, -0.2) is 47.0 Å². The van der Waals surface area contributed by atoms with Gasteiger partial charge in [0.2, 0.25) is 11.7 Å². The second kappa shape index (κ2) is 7.45. The zero-order valence-corrected chi connectivity index (χ0v) is 15.1. The number of ether oxygens (including phenoxy) is 2. The van der Waals surface area contributed by atoms with Gasteiger partial charge < -0.3 is 19.1 Å². The molecule has 7 nitrogen and oxygen atoms in total. The monoisotopic (exact) mass is 373 g/mol. The van der Waals surface area contributed by atoms with E-state index in [9.17, 15) is 5.11 Å². The molecule has 3 aromatic rings. The molecule has 1 atom stereocenters. The summed E-state index contributed by atoms with van der Waals surface area (Å²) in [5.74, 6) is 1.74. The molecular formula is C18H19N3O4S. The first kappa shape index (κ1) is 17.0. The Balaban J connectivity index is 1.54. The second-order valence-electron chi connectivity index (χ2n) is 6.00. The molecule has 0 bridgehead atoms. The Labute approximate surface area is 154 Å². The predicted octanol–water partition coefficient (Wildman–Crippen LogP) is 3.09. The van der Waals surface area contributed by atoms with Gasteiger partial charge in [-0.05, 0) is 29.1 Å². The summed E-state index contributed by atoms with van der Waals surface area (Å²) >= 11 is 1.57. The number of hydrogen-bond donors (Lipinski definition) is 1. The Kier molecular flexibility index (Phi) is 4.87. The van der Waals surface area contributed by atoms with Crippen LogP contribution in [0.1, 0.15) is 17.5 Å². The fourth-order valence-electron chi connectivity index (χ4n) is 3.00. The van der Waals surface area contributed by atoms with Gasteiger partial charge in [0, 0.05) is 13.1 Å². The fourth-order valence-corrected chi connectivity index (χ4v) is 3.65.